The molecule has 0 spiro atoms. The van der Waals surface area contributed by atoms with Gasteiger partial charge in [-0.15, -0.1) is 11.8 Å². The van der Waals surface area contributed by atoms with E-state index in [1.807, 2.05) is 6.07 Å². The number of carboxylic acids is 1. The molecule has 3 nitrogen and oxygen atoms in total. The molecule has 0 saturated carbocycles. The van der Waals surface area contributed by atoms with Crippen molar-refractivity contribution >= 4 is 17.7 Å². The smallest absolute Gasteiger partial charge is 0.308 e. The molecule has 64 valence electrons. The standard InChI is InChI=1S/C8H8O3S/c9-8(10)5-4-12-7(5)6-2-1-3-11-6/h1-3,5,7H,4H2,(H,9,10). The fourth-order valence-electron chi connectivity index (χ4n) is 1.22. The molecule has 0 aromatic carbocycles. The maximum Gasteiger partial charge on any atom is 0.308 e. The Balaban J connectivity index is 2.12. The lowest BCUT2D eigenvalue weighted by Gasteiger charge is -2.30. The van der Waals surface area contributed by atoms with Crippen LogP contribution in [0.2, 0.25) is 0 Å². The highest BCUT2D eigenvalue weighted by molar-refractivity contribution is 8.01. The summed E-state index contributed by atoms with van der Waals surface area (Å²) in [5.41, 5.74) is 0. The van der Waals surface area contributed by atoms with Crippen LogP contribution in [0.5, 0.6) is 0 Å². The van der Waals surface area contributed by atoms with E-state index in [1.54, 1.807) is 24.1 Å². The van der Waals surface area contributed by atoms with E-state index in [-0.39, 0.29) is 11.2 Å². The molecular weight excluding hydrogens is 176 g/mol. The topological polar surface area (TPSA) is 50.4 Å². The monoisotopic (exact) mass is 184 g/mol. The van der Waals surface area contributed by atoms with Crippen LogP contribution in [0.15, 0.2) is 22.8 Å². The van der Waals surface area contributed by atoms with E-state index in [2.05, 4.69) is 0 Å². The van der Waals surface area contributed by atoms with Crippen LogP contribution < -0.4 is 0 Å². The molecule has 1 aromatic rings. The van der Waals surface area contributed by atoms with Gasteiger partial charge in [-0.05, 0) is 12.1 Å². The number of furan rings is 1. The lowest BCUT2D eigenvalue weighted by molar-refractivity contribution is -0.141. The maximum atomic E-state index is 10.6. The third-order valence-corrected chi connectivity index (χ3v) is 3.43. The summed E-state index contributed by atoms with van der Waals surface area (Å²) < 4.78 is 5.13. The fraction of sp³-hybridized carbons (Fsp3) is 0.375. The minimum atomic E-state index is -0.727. The number of aliphatic carboxylic acids is 1. The van der Waals surface area contributed by atoms with Gasteiger partial charge in [-0.1, -0.05) is 0 Å². The molecule has 1 N–H and O–H groups in total. The minimum Gasteiger partial charge on any atom is -0.481 e. The number of rotatable bonds is 2. The van der Waals surface area contributed by atoms with E-state index >= 15 is 0 Å². The van der Waals surface area contributed by atoms with Crippen LogP contribution in [-0.2, 0) is 4.79 Å². The third kappa shape index (κ3) is 1.12. The lowest BCUT2D eigenvalue weighted by Crippen LogP contribution is -2.30. The molecule has 2 heterocycles. The minimum absolute atomic E-state index is 0.0255. The van der Waals surface area contributed by atoms with Crippen LogP contribution >= 0.6 is 11.8 Å². The Hall–Kier alpha value is -0.900. The van der Waals surface area contributed by atoms with Crippen molar-refractivity contribution in [3.8, 4) is 0 Å². The molecule has 0 bridgehead atoms. The summed E-state index contributed by atoms with van der Waals surface area (Å²) in [6.07, 6.45) is 1.58. The van der Waals surface area contributed by atoms with Gasteiger partial charge in [-0.3, -0.25) is 4.79 Å². The number of hydrogen-bond acceptors (Lipinski definition) is 3. The highest BCUT2D eigenvalue weighted by Crippen LogP contribution is 2.47. The molecule has 1 aliphatic heterocycles. The third-order valence-electron chi connectivity index (χ3n) is 1.96. The van der Waals surface area contributed by atoms with Gasteiger partial charge in [0.15, 0.2) is 0 Å². The molecule has 1 saturated heterocycles. The van der Waals surface area contributed by atoms with Gasteiger partial charge < -0.3 is 9.52 Å². The summed E-state index contributed by atoms with van der Waals surface area (Å²) >= 11 is 1.62. The highest BCUT2D eigenvalue weighted by atomic mass is 32.2. The number of carbonyl (C=O) groups is 1. The van der Waals surface area contributed by atoms with E-state index in [0.29, 0.717) is 5.75 Å². The molecular formula is C8H8O3S. The van der Waals surface area contributed by atoms with E-state index in [1.165, 1.54) is 0 Å². The average Bonchev–Trinajstić information content (AvgIpc) is 2.35. The van der Waals surface area contributed by atoms with Crippen molar-refractivity contribution in [2.24, 2.45) is 5.92 Å². The van der Waals surface area contributed by atoms with Crippen molar-refractivity contribution in [1.29, 1.82) is 0 Å². The molecule has 0 radical (unpaired) electrons. The summed E-state index contributed by atoms with van der Waals surface area (Å²) in [5.74, 6) is 0.482. The number of thioether (sulfide) groups is 1. The van der Waals surface area contributed by atoms with Gasteiger partial charge in [0, 0.05) is 5.75 Å². The molecule has 1 aromatic heterocycles. The van der Waals surface area contributed by atoms with Crippen molar-refractivity contribution < 1.29 is 14.3 Å². The van der Waals surface area contributed by atoms with Gasteiger partial charge in [0.25, 0.3) is 0 Å². The zero-order valence-corrected chi connectivity index (χ0v) is 7.08. The second kappa shape index (κ2) is 2.86. The van der Waals surface area contributed by atoms with Gasteiger partial charge >= 0.3 is 5.97 Å². The SMILES string of the molecule is O=C(O)C1CSC1c1ccco1. The first-order valence-corrected chi connectivity index (χ1v) is 4.71. The summed E-state index contributed by atoms with van der Waals surface area (Å²) in [5, 5.41) is 8.77. The highest BCUT2D eigenvalue weighted by Gasteiger charge is 2.40. The van der Waals surface area contributed by atoms with Crippen LogP contribution in [0, 0.1) is 5.92 Å². The van der Waals surface area contributed by atoms with Gasteiger partial charge in [0.2, 0.25) is 0 Å². The molecule has 12 heavy (non-hydrogen) atoms. The Bertz CT molecular complexity index is 281. The second-order valence-electron chi connectivity index (χ2n) is 2.71. The first-order chi connectivity index (χ1) is 5.79. The van der Waals surface area contributed by atoms with Crippen molar-refractivity contribution in [2.45, 2.75) is 5.25 Å². The maximum absolute atomic E-state index is 10.6. The van der Waals surface area contributed by atoms with Crippen molar-refractivity contribution in [2.75, 3.05) is 5.75 Å². The Kier molecular flexibility index (Phi) is 1.84. The first kappa shape index (κ1) is 7.73. The van der Waals surface area contributed by atoms with Crippen molar-refractivity contribution in [3.63, 3.8) is 0 Å². The van der Waals surface area contributed by atoms with E-state index in [9.17, 15) is 4.79 Å². The molecule has 1 aliphatic rings. The quantitative estimate of drug-likeness (QED) is 0.761. The van der Waals surface area contributed by atoms with Gasteiger partial charge in [0.05, 0.1) is 17.4 Å². The van der Waals surface area contributed by atoms with E-state index < -0.39 is 5.97 Å². The van der Waals surface area contributed by atoms with E-state index in [0.717, 1.165) is 5.76 Å². The summed E-state index contributed by atoms with van der Waals surface area (Å²) in [6, 6.07) is 3.61. The summed E-state index contributed by atoms with van der Waals surface area (Å²) in [7, 11) is 0. The molecule has 1 fully saturated rings. The number of carboxylic acid groups (broad SMARTS) is 1. The number of hydrogen-bond donors (Lipinski definition) is 1. The molecule has 0 amide bonds. The van der Waals surface area contributed by atoms with Gasteiger partial charge in [-0.25, -0.2) is 0 Å². The summed E-state index contributed by atoms with van der Waals surface area (Å²) in [4.78, 5) is 10.6. The fourth-order valence-corrected chi connectivity index (χ4v) is 2.36. The van der Waals surface area contributed by atoms with Gasteiger partial charge in [-0.2, -0.15) is 0 Å². The Morgan fingerprint density at radius 2 is 2.58 bits per heavy atom. The Morgan fingerprint density at radius 3 is 3.00 bits per heavy atom. The van der Waals surface area contributed by atoms with Crippen molar-refractivity contribution in [1.82, 2.24) is 0 Å². The van der Waals surface area contributed by atoms with Crippen LogP contribution in [0.25, 0.3) is 0 Å². The Labute approximate surface area is 73.8 Å². The van der Waals surface area contributed by atoms with Gasteiger partial charge in [0.1, 0.15) is 5.76 Å². The zero-order valence-electron chi connectivity index (χ0n) is 6.27. The molecule has 2 unspecified atom stereocenters. The molecule has 2 atom stereocenters. The lowest BCUT2D eigenvalue weighted by atomic mass is 10.0. The first-order valence-electron chi connectivity index (χ1n) is 3.67. The Morgan fingerprint density at radius 1 is 1.75 bits per heavy atom. The normalized spacial score (nSPS) is 28.0. The van der Waals surface area contributed by atoms with E-state index in [4.69, 9.17) is 9.52 Å². The average molecular weight is 184 g/mol. The zero-order chi connectivity index (χ0) is 8.55. The molecule has 4 heteroatoms. The van der Waals surface area contributed by atoms with Crippen LogP contribution in [0.3, 0.4) is 0 Å². The van der Waals surface area contributed by atoms with Crippen LogP contribution in [0.4, 0.5) is 0 Å². The predicted octanol–water partition coefficient (Wildman–Crippen LogP) is 1.77. The second-order valence-corrected chi connectivity index (χ2v) is 3.89. The molecule has 0 aliphatic carbocycles. The molecule has 2 rings (SSSR count). The van der Waals surface area contributed by atoms with Crippen molar-refractivity contribution in [3.05, 3.63) is 24.2 Å². The van der Waals surface area contributed by atoms with Crippen LogP contribution in [-0.4, -0.2) is 16.8 Å². The summed E-state index contributed by atoms with van der Waals surface area (Å²) in [6.45, 7) is 0. The predicted molar refractivity (Wildman–Crippen MR) is 45.0 cm³/mol. The largest absolute Gasteiger partial charge is 0.481 e. The van der Waals surface area contributed by atoms with Crippen LogP contribution in [0.1, 0.15) is 11.0 Å².